The molecule has 1 aromatic heterocycles. The highest BCUT2D eigenvalue weighted by Crippen LogP contribution is 2.63. The highest BCUT2D eigenvalue weighted by atomic mass is 32.2. The number of aryl methyl sites for hydroxylation is 3. The van der Waals surface area contributed by atoms with Gasteiger partial charge in [-0.05, 0) is 182 Å². The molecule has 13 rings (SSSR count). The van der Waals surface area contributed by atoms with Crippen LogP contribution in [0.2, 0.25) is 0 Å². The zero-order valence-electron chi connectivity index (χ0n) is 42.5. The summed E-state index contributed by atoms with van der Waals surface area (Å²) in [5.41, 5.74) is 22.3. The zero-order chi connectivity index (χ0) is 50.1. The van der Waals surface area contributed by atoms with Gasteiger partial charge in [-0.3, -0.25) is 0 Å². The molecular weight excluding hydrogens is 917 g/mol. The number of para-hydroxylation sites is 2. The van der Waals surface area contributed by atoms with Gasteiger partial charge in [0, 0.05) is 85.4 Å². The van der Waals surface area contributed by atoms with Crippen LogP contribution in [0.15, 0.2) is 228 Å². The van der Waals surface area contributed by atoms with Crippen molar-refractivity contribution < 1.29 is 0 Å². The first-order chi connectivity index (χ1) is 36.4. The molecule has 0 unspecified atom stereocenters. The lowest BCUT2D eigenvalue weighted by Crippen LogP contribution is -2.32. The summed E-state index contributed by atoms with van der Waals surface area (Å²) < 4.78 is 2.47. The normalized spacial score (nSPS) is 14.4. The number of likely N-dealkylation sites (N-methyl/N-ethyl adjacent to an activating group) is 1. The third-order valence-corrected chi connectivity index (χ3v) is 16.7. The summed E-state index contributed by atoms with van der Waals surface area (Å²) in [6.45, 7) is 13.5. The van der Waals surface area contributed by atoms with Crippen LogP contribution in [-0.2, 0) is 12.0 Å². The van der Waals surface area contributed by atoms with Crippen LogP contribution in [-0.4, -0.2) is 17.7 Å². The maximum absolute atomic E-state index is 3.60. The van der Waals surface area contributed by atoms with Crippen molar-refractivity contribution >= 4 is 73.3 Å². The van der Waals surface area contributed by atoms with Crippen molar-refractivity contribution in [3.8, 4) is 23.0 Å². The molecule has 10 aromatic rings. The molecule has 0 radical (unpaired) electrons. The molecule has 1 aliphatic carbocycles. The predicted octanol–water partition coefficient (Wildman–Crippen LogP) is 17.7. The van der Waals surface area contributed by atoms with E-state index in [4.69, 9.17) is 0 Å². The van der Waals surface area contributed by atoms with Gasteiger partial charge < -0.3 is 19.3 Å². The molecule has 0 amide bonds. The number of aromatic nitrogens is 1. The predicted molar refractivity (Wildman–Crippen MR) is 313 cm³/mol. The Bertz CT molecular complexity index is 3950. The Morgan fingerprint density at radius 2 is 1.09 bits per heavy atom. The highest BCUT2D eigenvalue weighted by Gasteiger charge is 2.51. The van der Waals surface area contributed by atoms with Crippen molar-refractivity contribution in [2.24, 2.45) is 0 Å². The quantitative estimate of drug-likeness (QED) is 0.134. The number of nitrogens with zero attached hydrogens (tertiary/aromatic N) is 4. The molecule has 3 heterocycles. The maximum Gasteiger partial charge on any atom is 0.0969 e. The van der Waals surface area contributed by atoms with E-state index in [1.54, 1.807) is 0 Å². The summed E-state index contributed by atoms with van der Waals surface area (Å²) in [6.07, 6.45) is 4.54. The fourth-order valence-electron chi connectivity index (χ4n) is 12.3. The summed E-state index contributed by atoms with van der Waals surface area (Å²) >= 11 is 1.88. The highest BCUT2D eigenvalue weighted by molar-refractivity contribution is 7.99. The standard InChI is InChI=1S/C69H56N4S/c1-6-19-49(31-30-48-45-70(7-2)64-40-46(4)28-35-55(48)64)72(50-20-11-9-12-21-50)52-32-37-56-57-38-33-53(43-63(57)69(62(56)42-52)60-24-15-17-26-67(60)74-68-27-18-16-25-61(68)69)73(51-22-13-10-14-23-51)54-34-39-59-58-36-29-47(5)41-65(58)71(8-3)66(59)44-54/h9-18,20-44H,7-8,45H2,1-5H3/b48-30+,49-31+. The number of allylic oxidation sites excluding steroid dienone is 3. The Morgan fingerprint density at radius 3 is 1.77 bits per heavy atom. The van der Waals surface area contributed by atoms with E-state index in [0.717, 1.165) is 53.8 Å². The Labute approximate surface area is 439 Å². The molecule has 4 nitrogen and oxygen atoms in total. The number of hydrogen-bond acceptors (Lipinski definition) is 4. The number of rotatable bonds is 9. The summed E-state index contributed by atoms with van der Waals surface area (Å²) in [4.78, 5) is 9.82. The molecule has 0 saturated heterocycles. The Kier molecular flexibility index (Phi) is 11.2. The van der Waals surface area contributed by atoms with E-state index in [2.05, 4.69) is 271 Å². The van der Waals surface area contributed by atoms with Crippen molar-refractivity contribution in [1.82, 2.24) is 4.57 Å². The van der Waals surface area contributed by atoms with Crippen LogP contribution < -0.4 is 14.7 Å². The molecule has 0 bridgehead atoms. The zero-order valence-corrected chi connectivity index (χ0v) is 43.3. The van der Waals surface area contributed by atoms with E-state index in [9.17, 15) is 0 Å². The van der Waals surface area contributed by atoms with Crippen LogP contribution in [0.25, 0.3) is 38.5 Å². The van der Waals surface area contributed by atoms with Crippen LogP contribution in [0, 0.1) is 25.7 Å². The van der Waals surface area contributed by atoms with Gasteiger partial charge in [-0.1, -0.05) is 139 Å². The van der Waals surface area contributed by atoms with E-state index in [0.29, 0.717) is 0 Å². The number of hydrogen-bond donors (Lipinski definition) is 0. The van der Waals surface area contributed by atoms with Gasteiger partial charge in [0.2, 0.25) is 0 Å². The lowest BCUT2D eigenvalue weighted by Gasteiger charge is -2.40. The second-order valence-corrected chi connectivity index (χ2v) is 20.8. The molecule has 3 aliphatic rings. The van der Waals surface area contributed by atoms with Crippen molar-refractivity contribution in [2.45, 2.75) is 56.4 Å². The monoisotopic (exact) mass is 972 g/mol. The number of benzene rings is 9. The first-order valence-electron chi connectivity index (χ1n) is 26.0. The van der Waals surface area contributed by atoms with Crippen LogP contribution in [0.3, 0.4) is 0 Å². The second kappa shape index (κ2) is 18.3. The maximum atomic E-state index is 3.60. The SMILES string of the molecule is CC#C/C(=C\C=C1/CN(CC)c2cc(C)ccc21)N(c1ccccc1)c1ccc2c(c1)C1(c3ccccc3Sc3ccccc31)c1cc(N(c3ccccc3)c3ccc4c5ccc(C)cc5n(CC)c4c3)ccc1-2. The van der Waals surface area contributed by atoms with Crippen LogP contribution in [0.5, 0.6) is 0 Å². The fraction of sp³-hybridized carbons (Fsp3) is 0.130. The van der Waals surface area contributed by atoms with Crippen molar-refractivity contribution in [2.75, 3.05) is 27.8 Å². The van der Waals surface area contributed by atoms with E-state index >= 15 is 0 Å². The van der Waals surface area contributed by atoms with Gasteiger partial charge in [0.25, 0.3) is 0 Å². The lowest BCUT2D eigenvalue weighted by molar-refractivity contribution is 0.722. The molecule has 0 saturated carbocycles. The van der Waals surface area contributed by atoms with Gasteiger partial charge in [-0.15, -0.1) is 0 Å². The largest absolute Gasteiger partial charge is 0.367 e. The molecule has 1 spiro atoms. The second-order valence-electron chi connectivity index (χ2n) is 19.8. The van der Waals surface area contributed by atoms with Crippen molar-refractivity contribution in [3.05, 3.63) is 257 Å². The van der Waals surface area contributed by atoms with E-state index in [-0.39, 0.29) is 0 Å². The van der Waals surface area contributed by atoms with Crippen LogP contribution in [0.4, 0.5) is 34.1 Å². The first kappa shape index (κ1) is 45.4. The van der Waals surface area contributed by atoms with E-state index in [1.165, 1.54) is 92.9 Å². The molecule has 74 heavy (non-hydrogen) atoms. The summed E-state index contributed by atoms with van der Waals surface area (Å²) in [6, 6.07) is 75.0. The number of anilines is 6. The topological polar surface area (TPSA) is 14.7 Å². The average molecular weight is 973 g/mol. The summed E-state index contributed by atoms with van der Waals surface area (Å²) in [7, 11) is 0. The third kappa shape index (κ3) is 7.15. The van der Waals surface area contributed by atoms with Gasteiger partial charge in [-0.25, -0.2) is 0 Å². The minimum absolute atomic E-state index is 0.645. The molecule has 0 fully saturated rings. The molecule has 2 aliphatic heterocycles. The van der Waals surface area contributed by atoms with Gasteiger partial charge in [0.15, 0.2) is 0 Å². The van der Waals surface area contributed by atoms with Gasteiger partial charge in [0.1, 0.15) is 0 Å². The van der Waals surface area contributed by atoms with Crippen molar-refractivity contribution in [3.63, 3.8) is 0 Å². The molecular formula is C69H56N4S. The minimum Gasteiger partial charge on any atom is -0.367 e. The molecule has 0 N–H and O–H groups in total. The Balaban J connectivity index is 1.03. The third-order valence-electron chi connectivity index (χ3n) is 15.6. The molecule has 5 heteroatoms. The minimum atomic E-state index is -0.645. The first-order valence-corrected chi connectivity index (χ1v) is 26.8. The van der Waals surface area contributed by atoms with Crippen LogP contribution >= 0.6 is 11.8 Å². The van der Waals surface area contributed by atoms with Gasteiger partial charge in [-0.2, -0.15) is 0 Å². The van der Waals surface area contributed by atoms with Crippen molar-refractivity contribution in [1.29, 1.82) is 0 Å². The van der Waals surface area contributed by atoms with E-state index in [1.807, 2.05) is 18.7 Å². The van der Waals surface area contributed by atoms with Gasteiger partial charge >= 0.3 is 0 Å². The van der Waals surface area contributed by atoms with Crippen LogP contribution in [0.1, 0.15) is 59.7 Å². The summed E-state index contributed by atoms with van der Waals surface area (Å²) in [5.74, 6) is 6.92. The number of fused-ring (bicyclic) bond motifs is 13. The average Bonchev–Trinajstić information content (AvgIpc) is 4.14. The Morgan fingerprint density at radius 1 is 0.541 bits per heavy atom. The Hall–Kier alpha value is -8.43. The lowest BCUT2D eigenvalue weighted by atomic mass is 9.67. The summed E-state index contributed by atoms with van der Waals surface area (Å²) in [5, 5.41) is 2.57. The molecule has 0 atom stereocenters. The van der Waals surface area contributed by atoms with E-state index < -0.39 is 5.41 Å². The molecule has 358 valence electrons. The smallest absolute Gasteiger partial charge is 0.0969 e. The fourth-order valence-corrected chi connectivity index (χ4v) is 13.5. The van der Waals surface area contributed by atoms with Gasteiger partial charge in [0.05, 0.1) is 16.6 Å². The molecule has 9 aromatic carbocycles.